The largest absolute Gasteiger partial charge is 0.418 e. The van der Waals surface area contributed by atoms with Gasteiger partial charge in [0.1, 0.15) is 0 Å². The molecule has 0 aliphatic carbocycles. The van der Waals surface area contributed by atoms with Gasteiger partial charge >= 0.3 is 12.2 Å². The minimum absolute atomic E-state index is 0.0828. The van der Waals surface area contributed by atoms with Crippen LogP contribution in [0.1, 0.15) is 42.2 Å². The summed E-state index contributed by atoms with van der Waals surface area (Å²) in [6.45, 7) is 0.544. The van der Waals surface area contributed by atoms with E-state index >= 15 is 0 Å². The van der Waals surface area contributed by atoms with E-state index in [1.807, 2.05) is 17.5 Å². The van der Waals surface area contributed by atoms with Gasteiger partial charge in [0.15, 0.2) is 0 Å². The molecule has 1 saturated heterocycles. The summed E-state index contributed by atoms with van der Waals surface area (Å²) in [5.41, 5.74) is -1.03. The Morgan fingerprint density at radius 3 is 2.64 bits per heavy atom. The number of carbonyl (C=O) groups is 1. The molecule has 0 unspecified atom stereocenters. The first-order chi connectivity index (χ1) is 12.0. The van der Waals surface area contributed by atoms with Crippen LogP contribution in [-0.2, 0) is 6.18 Å². The molecule has 1 atom stereocenters. The number of nitrogens with zero attached hydrogens (tertiary/aromatic N) is 1. The summed E-state index contributed by atoms with van der Waals surface area (Å²) in [7, 11) is 0. The zero-order valence-corrected chi connectivity index (χ0v) is 14.4. The summed E-state index contributed by atoms with van der Waals surface area (Å²) in [5, 5.41) is 4.43. The van der Waals surface area contributed by atoms with Gasteiger partial charge in [0, 0.05) is 11.4 Å². The molecule has 0 radical (unpaired) electrons. The Balaban J connectivity index is 1.84. The van der Waals surface area contributed by atoms with Crippen LogP contribution in [0, 0.1) is 0 Å². The summed E-state index contributed by atoms with van der Waals surface area (Å²) in [5.74, 6) is 0. The maximum absolute atomic E-state index is 13.1. The van der Waals surface area contributed by atoms with Crippen molar-refractivity contribution in [1.29, 1.82) is 0 Å². The average molecular weight is 368 g/mol. The normalized spacial score (nSPS) is 18.7. The van der Waals surface area contributed by atoms with Gasteiger partial charge in [0.25, 0.3) is 0 Å². The Hall–Kier alpha value is -2.02. The van der Waals surface area contributed by atoms with Crippen LogP contribution in [-0.4, -0.2) is 17.5 Å². The molecule has 2 heterocycles. The molecule has 0 spiro atoms. The van der Waals surface area contributed by atoms with E-state index in [0.29, 0.717) is 6.54 Å². The van der Waals surface area contributed by atoms with Gasteiger partial charge in [-0.3, -0.25) is 0 Å². The molecule has 2 amide bonds. The number of hydrogen-bond acceptors (Lipinski definition) is 2. The molecule has 0 bridgehead atoms. The summed E-state index contributed by atoms with van der Waals surface area (Å²) in [6, 6.07) is 8.43. The van der Waals surface area contributed by atoms with Crippen molar-refractivity contribution < 1.29 is 18.0 Å². The molecule has 1 aromatic heterocycles. The first-order valence-corrected chi connectivity index (χ1v) is 9.12. The van der Waals surface area contributed by atoms with Crippen molar-refractivity contribution in [2.24, 2.45) is 0 Å². The third kappa shape index (κ3) is 4.15. The molecule has 1 aliphatic heterocycles. The predicted molar refractivity (Wildman–Crippen MR) is 92.7 cm³/mol. The van der Waals surface area contributed by atoms with Crippen LogP contribution in [0.25, 0.3) is 0 Å². The van der Waals surface area contributed by atoms with Crippen LogP contribution >= 0.6 is 11.3 Å². The standard InChI is InChI=1S/C18H19F3N2OS/c19-18(20,21)13-7-3-4-8-14(13)22-17(24)23-11-5-1-2-9-15(23)16-10-6-12-25-16/h3-4,6-8,10,12,15H,1-2,5,9,11H2,(H,22,24)/t15-/m1/s1. The highest BCUT2D eigenvalue weighted by Crippen LogP contribution is 2.36. The fourth-order valence-corrected chi connectivity index (χ4v) is 4.03. The number of para-hydroxylation sites is 1. The number of amides is 2. The second-order valence-electron chi connectivity index (χ2n) is 6.05. The molecular formula is C18H19F3N2OS. The van der Waals surface area contributed by atoms with Gasteiger partial charge < -0.3 is 10.2 Å². The van der Waals surface area contributed by atoms with E-state index in [-0.39, 0.29) is 11.7 Å². The monoisotopic (exact) mass is 368 g/mol. The second kappa shape index (κ2) is 7.47. The highest BCUT2D eigenvalue weighted by molar-refractivity contribution is 7.10. The topological polar surface area (TPSA) is 32.3 Å². The maximum Gasteiger partial charge on any atom is 0.418 e. The molecule has 1 N–H and O–H groups in total. The van der Waals surface area contributed by atoms with Crippen molar-refractivity contribution in [1.82, 2.24) is 4.90 Å². The van der Waals surface area contributed by atoms with Crippen molar-refractivity contribution in [3.8, 4) is 0 Å². The smallest absolute Gasteiger partial charge is 0.317 e. The summed E-state index contributed by atoms with van der Waals surface area (Å²) >= 11 is 1.57. The van der Waals surface area contributed by atoms with Crippen LogP contribution in [0.5, 0.6) is 0 Å². The molecule has 7 heteroatoms. The van der Waals surface area contributed by atoms with Crippen molar-refractivity contribution in [2.75, 3.05) is 11.9 Å². The highest BCUT2D eigenvalue weighted by Gasteiger charge is 2.34. The van der Waals surface area contributed by atoms with Gasteiger partial charge in [-0.15, -0.1) is 11.3 Å². The van der Waals surface area contributed by atoms with E-state index in [1.165, 1.54) is 18.2 Å². The van der Waals surface area contributed by atoms with Gasteiger partial charge in [-0.25, -0.2) is 4.79 Å². The first kappa shape index (κ1) is 17.8. The SMILES string of the molecule is O=C(Nc1ccccc1C(F)(F)F)N1CCCCC[C@@H]1c1cccs1. The molecular weight excluding hydrogens is 349 g/mol. The molecule has 134 valence electrons. The van der Waals surface area contributed by atoms with Gasteiger partial charge in [-0.1, -0.05) is 31.0 Å². The van der Waals surface area contributed by atoms with Crippen LogP contribution < -0.4 is 5.32 Å². The van der Waals surface area contributed by atoms with E-state index in [4.69, 9.17) is 0 Å². The van der Waals surface area contributed by atoms with Crippen molar-refractivity contribution >= 4 is 23.1 Å². The highest BCUT2D eigenvalue weighted by atomic mass is 32.1. The van der Waals surface area contributed by atoms with Crippen LogP contribution in [0.4, 0.5) is 23.7 Å². The lowest BCUT2D eigenvalue weighted by atomic mass is 10.1. The summed E-state index contributed by atoms with van der Waals surface area (Å²) in [6.07, 6.45) is -0.794. The Kier molecular flexibility index (Phi) is 5.32. The van der Waals surface area contributed by atoms with Gasteiger partial charge in [0.2, 0.25) is 0 Å². The average Bonchev–Trinajstić information content (AvgIpc) is 2.98. The number of hydrogen-bond donors (Lipinski definition) is 1. The third-order valence-electron chi connectivity index (χ3n) is 4.36. The van der Waals surface area contributed by atoms with Gasteiger partial charge in [0.05, 0.1) is 17.3 Å². The number of likely N-dealkylation sites (tertiary alicyclic amines) is 1. The molecule has 25 heavy (non-hydrogen) atoms. The lowest BCUT2D eigenvalue weighted by Gasteiger charge is -2.30. The number of anilines is 1. The molecule has 3 nitrogen and oxygen atoms in total. The quantitative estimate of drug-likeness (QED) is 0.701. The van der Waals surface area contributed by atoms with Crippen molar-refractivity contribution in [2.45, 2.75) is 37.9 Å². The number of rotatable bonds is 2. The van der Waals surface area contributed by atoms with E-state index in [2.05, 4.69) is 5.32 Å². The lowest BCUT2D eigenvalue weighted by Crippen LogP contribution is -2.38. The zero-order chi connectivity index (χ0) is 17.9. The van der Waals surface area contributed by atoms with E-state index in [9.17, 15) is 18.0 Å². The van der Waals surface area contributed by atoms with E-state index in [1.54, 1.807) is 16.2 Å². The summed E-state index contributed by atoms with van der Waals surface area (Å²) in [4.78, 5) is 15.5. The molecule has 0 saturated carbocycles. The van der Waals surface area contributed by atoms with Crippen molar-refractivity contribution in [3.05, 3.63) is 52.2 Å². The number of alkyl halides is 3. The Morgan fingerprint density at radius 2 is 1.92 bits per heavy atom. The van der Waals surface area contributed by atoms with Crippen LogP contribution in [0.3, 0.4) is 0 Å². The number of thiophene rings is 1. The van der Waals surface area contributed by atoms with Crippen LogP contribution in [0.2, 0.25) is 0 Å². The zero-order valence-electron chi connectivity index (χ0n) is 13.6. The second-order valence-corrected chi connectivity index (χ2v) is 7.03. The Bertz CT molecular complexity index is 715. The number of benzene rings is 1. The van der Waals surface area contributed by atoms with E-state index in [0.717, 1.165) is 36.6 Å². The Labute approximate surface area is 148 Å². The summed E-state index contributed by atoms with van der Waals surface area (Å²) < 4.78 is 39.4. The lowest BCUT2D eigenvalue weighted by molar-refractivity contribution is -0.136. The van der Waals surface area contributed by atoms with E-state index < -0.39 is 17.8 Å². The predicted octanol–water partition coefficient (Wildman–Crippen LogP) is 5.92. The van der Waals surface area contributed by atoms with Gasteiger partial charge in [-0.2, -0.15) is 13.2 Å². The van der Waals surface area contributed by atoms with Gasteiger partial charge in [-0.05, 0) is 36.4 Å². The maximum atomic E-state index is 13.1. The molecule has 1 aliphatic rings. The molecule has 3 rings (SSSR count). The minimum Gasteiger partial charge on any atom is -0.317 e. The number of urea groups is 1. The number of halogens is 3. The number of carbonyl (C=O) groups excluding carboxylic acids is 1. The minimum atomic E-state index is -4.50. The molecule has 2 aromatic rings. The number of nitrogens with one attached hydrogen (secondary N) is 1. The fraction of sp³-hybridized carbons (Fsp3) is 0.389. The molecule has 1 fully saturated rings. The third-order valence-corrected chi connectivity index (χ3v) is 5.33. The van der Waals surface area contributed by atoms with Crippen molar-refractivity contribution in [3.63, 3.8) is 0 Å². The molecule has 1 aromatic carbocycles. The Morgan fingerprint density at radius 1 is 1.12 bits per heavy atom. The van der Waals surface area contributed by atoms with Crippen LogP contribution in [0.15, 0.2) is 41.8 Å². The first-order valence-electron chi connectivity index (χ1n) is 8.24. The fourth-order valence-electron chi connectivity index (χ4n) is 3.15.